The van der Waals surface area contributed by atoms with Crippen LogP contribution in [0.4, 0.5) is 4.79 Å². The van der Waals surface area contributed by atoms with E-state index in [1.54, 1.807) is 37.5 Å². The molecule has 3 aromatic rings. The van der Waals surface area contributed by atoms with Gasteiger partial charge in [0.1, 0.15) is 17.7 Å². The van der Waals surface area contributed by atoms with Crippen LogP contribution in [0.1, 0.15) is 81.4 Å². The predicted octanol–water partition coefficient (Wildman–Crippen LogP) is 5.80. The molecule has 2 unspecified atom stereocenters. The number of nitrogens with one attached hydrogen (secondary N) is 1. The Morgan fingerprint density at radius 1 is 0.825 bits per heavy atom. The van der Waals surface area contributed by atoms with Crippen LogP contribution in [-0.4, -0.2) is 127 Å². The largest absolute Gasteiger partial charge is 0.444 e. The first-order chi connectivity index (χ1) is 27.3. The number of ether oxygens (including phenoxy) is 4. The number of fused-ring (bicyclic) bond motifs is 1. The molecule has 5 rings (SSSR count). The molecular formula is C44H63N5O8. The summed E-state index contributed by atoms with van der Waals surface area (Å²) in [6.45, 7) is 14.4. The molecule has 1 aliphatic heterocycles. The van der Waals surface area contributed by atoms with Gasteiger partial charge in [-0.3, -0.25) is 19.3 Å². The number of hydrogen-bond donors (Lipinski definition) is 1. The van der Waals surface area contributed by atoms with Crippen molar-refractivity contribution >= 4 is 34.7 Å². The van der Waals surface area contributed by atoms with Crippen LogP contribution >= 0.6 is 0 Å². The number of amides is 4. The van der Waals surface area contributed by atoms with Crippen LogP contribution in [0.3, 0.4) is 0 Å². The summed E-state index contributed by atoms with van der Waals surface area (Å²) in [7, 11) is 1.53. The van der Waals surface area contributed by atoms with Gasteiger partial charge in [0.15, 0.2) is 0 Å². The molecule has 13 nitrogen and oxygen atoms in total. The normalized spacial score (nSPS) is 16.3. The van der Waals surface area contributed by atoms with E-state index >= 15 is 0 Å². The Balaban J connectivity index is 1.08. The Bertz CT molecular complexity index is 1780. The van der Waals surface area contributed by atoms with Crippen molar-refractivity contribution in [2.45, 2.75) is 97.6 Å². The van der Waals surface area contributed by atoms with Crippen LogP contribution in [-0.2, 0) is 41.7 Å². The van der Waals surface area contributed by atoms with Crippen molar-refractivity contribution in [2.24, 2.45) is 5.92 Å². The van der Waals surface area contributed by atoms with E-state index in [2.05, 4.69) is 22.9 Å². The van der Waals surface area contributed by atoms with Crippen LogP contribution in [0.5, 0.6) is 0 Å². The summed E-state index contributed by atoms with van der Waals surface area (Å²) in [4.78, 5) is 58.8. The van der Waals surface area contributed by atoms with E-state index in [0.717, 1.165) is 54.3 Å². The number of benzene rings is 2. The fraction of sp³-hybridized carbons (Fsp3) is 0.591. The zero-order valence-electron chi connectivity index (χ0n) is 34.8. The van der Waals surface area contributed by atoms with Gasteiger partial charge in [0.25, 0.3) is 5.91 Å². The van der Waals surface area contributed by atoms with Gasteiger partial charge in [-0.15, -0.1) is 0 Å². The van der Waals surface area contributed by atoms with E-state index in [9.17, 15) is 19.2 Å². The first-order valence-electron chi connectivity index (χ1n) is 20.5. The van der Waals surface area contributed by atoms with Gasteiger partial charge in [-0.2, -0.15) is 0 Å². The maximum Gasteiger partial charge on any atom is 0.410 e. The molecule has 1 aliphatic carbocycles. The van der Waals surface area contributed by atoms with Gasteiger partial charge >= 0.3 is 6.09 Å². The third-order valence-electron chi connectivity index (χ3n) is 10.9. The molecule has 312 valence electrons. The lowest BCUT2D eigenvalue weighted by molar-refractivity contribution is -0.140. The van der Waals surface area contributed by atoms with Gasteiger partial charge in [-0.1, -0.05) is 49.6 Å². The SMILES string of the molecule is Cc1cc2cc(C(=O)N3CCN(C(=O)C(NC(=O)C(C)N(C)C(=O)OC(C)(C)C)C4CCCCC4)CC3)ccc2n1CCOCCOCCOCc1ccccc1. The second-order valence-electron chi connectivity index (χ2n) is 16.2. The van der Waals surface area contributed by atoms with Crippen LogP contribution in [0.25, 0.3) is 10.9 Å². The molecule has 57 heavy (non-hydrogen) atoms. The number of aryl methyl sites for hydroxylation is 1. The number of aromatic nitrogens is 1. The lowest BCUT2D eigenvalue weighted by atomic mass is 9.83. The Labute approximate surface area is 337 Å². The minimum atomic E-state index is -0.827. The summed E-state index contributed by atoms with van der Waals surface area (Å²) >= 11 is 0. The topological polar surface area (TPSA) is 132 Å². The maximum atomic E-state index is 14.1. The van der Waals surface area contributed by atoms with E-state index in [1.165, 1.54) is 11.9 Å². The third kappa shape index (κ3) is 12.5. The molecule has 0 spiro atoms. The Kier molecular flexibility index (Phi) is 15.9. The second kappa shape index (κ2) is 20.8. The number of hydrogen-bond acceptors (Lipinski definition) is 8. The van der Waals surface area contributed by atoms with E-state index in [4.69, 9.17) is 18.9 Å². The quantitative estimate of drug-likeness (QED) is 0.170. The average molecular weight is 790 g/mol. The molecule has 13 heteroatoms. The third-order valence-corrected chi connectivity index (χ3v) is 10.9. The molecule has 0 bridgehead atoms. The summed E-state index contributed by atoms with van der Waals surface area (Å²) in [6, 6.07) is 16.4. The second-order valence-corrected chi connectivity index (χ2v) is 16.2. The minimum Gasteiger partial charge on any atom is -0.444 e. The number of nitrogens with zero attached hydrogens (tertiary/aromatic N) is 4. The number of carbonyl (C=O) groups is 4. The highest BCUT2D eigenvalue weighted by Crippen LogP contribution is 2.28. The highest BCUT2D eigenvalue weighted by Gasteiger charge is 2.37. The molecule has 2 aliphatic rings. The van der Waals surface area contributed by atoms with Gasteiger partial charge in [0.05, 0.1) is 39.6 Å². The van der Waals surface area contributed by atoms with E-state index < -0.39 is 29.7 Å². The van der Waals surface area contributed by atoms with E-state index in [-0.39, 0.29) is 17.7 Å². The van der Waals surface area contributed by atoms with Crippen molar-refractivity contribution < 1.29 is 38.1 Å². The molecule has 4 amide bonds. The molecule has 1 saturated carbocycles. The van der Waals surface area contributed by atoms with E-state index in [0.29, 0.717) is 77.9 Å². The predicted molar refractivity (Wildman–Crippen MR) is 219 cm³/mol. The smallest absolute Gasteiger partial charge is 0.410 e. The number of likely N-dealkylation sites (N-methyl/N-ethyl adjacent to an activating group) is 1. The van der Waals surface area contributed by atoms with Crippen LogP contribution < -0.4 is 5.32 Å². The maximum absolute atomic E-state index is 14.1. The fourth-order valence-corrected chi connectivity index (χ4v) is 7.50. The van der Waals surface area contributed by atoms with Crippen molar-refractivity contribution in [1.29, 1.82) is 0 Å². The first-order valence-corrected chi connectivity index (χ1v) is 20.5. The number of rotatable bonds is 17. The molecule has 1 saturated heterocycles. The van der Waals surface area contributed by atoms with Gasteiger partial charge in [0.2, 0.25) is 11.8 Å². The van der Waals surface area contributed by atoms with Crippen molar-refractivity contribution in [3.63, 3.8) is 0 Å². The van der Waals surface area contributed by atoms with Gasteiger partial charge in [0, 0.05) is 61.9 Å². The summed E-state index contributed by atoms with van der Waals surface area (Å²) in [6.07, 6.45) is 4.22. The van der Waals surface area contributed by atoms with Crippen molar-refractivity contribution in [2.75, 3.05) is 66.3 Å². The molecule has 0 radical (unpaired) electrons. The molecule has 1 aromatic heterocycles. The average Bonchev–Trinajstić information content (AvgIpc) is 3.53. The molecular weight excluding hydrogens is 727 g/mol. The van der Waals surface area contributed by atoms with Crippen LogP contribution in [0, 0.1) is 12.8 Å². The van der Waals surface area contributed by atoms with Crippen molar-refractivity contribution in [3.8, 4) is 0 Å². The van der Waals surface area contributed by atoms with Crippen LogP contribution in [0.15, 0.2) is 54.6 Å². The number of piperazine rings is 1. The molecule has 2 heterocycles. The summed E-state index contributed by atoms with van der Waals surface area (Å²) in [5, 5.41) is 4.01. The molecule has 2 fully saturated rings. The molecule has 2 aromatic carbocycles. The Morgan fingerprint density at radius 3 is 2.12 bits per heavy atom. The number of carbonyl (C=O) groups excluding carboxylic acids is 4. The van der Waals surface area contributed by atoms with Gasteiger partial charge in [-0.25, -0.2) is 4.79 Å². The fourth-order valence-electron chi connectivity index (χ4n) is 7.50. The minimum absolute atomic E-state index is 0.0121. The van der Waals surface area contributed by atoms with E-state index in [1.807, 2.05) is 48.5 Å². The summed E-state index contributed by atoms with van der Waals surface area (Å²) in [5.74, 6) is -0.583. The first kappa shape index (κ1) is 43.7. The molecule has 2 atom stereocenters. The Morgan fingerprint density at radius 2 is 1.46 bits per heavy atom. The lowest BCUT2D eigenvalue weighted by Crippen LogP contribution is -2.59. The summed E-state index contributed by atoms with van der Waals surface area (Å²) in [5.41, 5.74) is 3.18. The highest BCUT2D eigenvalue weighted by molar-refractivity contribution is 5.98. The zero-order valence-corrected chi connectivity index (χ0v) is 34.8. The summed E-state index contributed by atoms with van der Waals surface area (Å²) < 4.78 is 24.8. The standard InChI is InChI=1S/C44H63N5O8/c1-32-29-37-30-36(17-18-38(37)49(32)23-24-54-25-26-55-27-28-56-31-34-13-9-7-10-14-34)41(51)47-19-21-48(22-20-47)42(52)39(35-15-11-8-12-16-35)45-40(50)33(2)46(6)43(53)57-44(3,4)5/h7,9-10,13-14,17-18,29-30,33,35,39H,8,11-12,15-16,19-28,31H2,1-6H3,(H,45,50). The monoisotopic (exact) mass is 789 g/mol. The highest BCUT2D eigenvalue weighted by atomic mass is 16.6. The van der Waals surface area contributed by atoms with Crippen LogP contribution in [0.2, 0.25) is 0 Å². The lowest BCUT2D eigenvalue weighted by Gasteiger charge is -2.39. The van der Waals surface area contributed by atoms with Crippen molar-refractivity contribution in [1.82, 2.24) is 24.6 Å². The van der Waals surface area contributed by atoms with Gasteiger partial charge < -0.3 is 38.6 Å². The van der Waals surface area contributed by atoms with Crippen molar-refractivity contribution in [3.05, 3.63) is 71.4 Å². The molecule has 1 N–H and O–H groups in total. The van der Waals surface area contributed by atoms with Gasteiger partial charge in [-0.05, 0) is 83.2 Å². The Hall–Kier alpha value is -4.46. The zero-order chi connectivity index (χ0) is 41.0.